The molecule has 0 saturated carbocycles. The van der Waals surface area contributed by atoms with Crippen LogP contribution in [-0.4, -0.2) is 27.8 Å². The van der Waals surface area contributed by atoms with Crippen molar-refractivity contribution in [1.82, 2.24) is 14.9 Å². The summed E-state index contributed by atoms with van der Waals surface area (Å²) in [5.74, 6) is 0.365. The number of rotatable bonds is 5. The van der Waals surface area contributed by atoms with E-state index in [-0.39, 0.29) is 11.3 Å². The first-order valence-electron chi connectivity index (χ1n) is 9.32. The molecule has 1 aromatic heterocycles. The molecule has 0 atom stereocenters. The molecule has 0 bridgehead atoms. The van der Waals surface area contributed by atoms with Crippen molar-refractivity contribution in [1.29, 1.82) is 0 Å². The molecule has 2 aromatic carbocycles. The maximum absolute atomic E-state index is 12.6. The summed E-state index contributed by atoms with van der Waals surface area (Å²) in [5.41, 5.74) is 3.70. The van der Waals surface area contributed by atoms with E-state index in [2.05, 4.69) is 42.1 Å². The zero-order valence-electron chi connectivity index (χ0n) is 16.8. The van der Waals surface area contributed by atoms with Gasteiger partial charge in [-0.1, -0.05) is 69.3 Å². The van der Waals surface area contributed by atoms with Gasteiger partial charge in [-0.15, -0.1) is 0 Å². The maximum Gasteiger partial charge on any atom is 0.257 e. The molecule has 1 heterocycles. The minimum absolute atomic E-state index is 0.000347. The summed E-state index contributed by atoms with van der Waals surface area (Å²) in [5, 5.41) is 3.27. The summed E-state index contributed by atoms with van der Waals surface area (Å²) in [7, 11) is 1.78. The molecular formula is C23H26N4O. The predicted molar refractivity (Wildman–Crippen MR) is 113 cm³/mol. The van der Waals surface area contributed by atoms with E-state index in [0.29, 0.717) is 18.1 Å². The van der Waals surface area contributed by atoms with Crippen molar-refractivity contribution in [3.63, 3.8) is 0 Å². The second kappa shape index (κ2) is 8.21. The van der Waals surface area contributed by atoms with Gasteiger partial charge in [-0.2, -0.15) is 0 Å². The first-order chi connectivity index (χ1) is 13.3. The van der Waals surface area contributed by atoms with Crippen LogP contribution in [0.4, 0.5) is 11.6 Å². The van der Waals surface area contributed by atoms with Crippen molar-refractivity contribution in [3.05, 3.63) is 83.7 Å². The number of amides is 1. The summed E-state index contributed by atoms with van der Waals surface area (Å²) in [6.45, 7) is 7.04. The number of carbonyl (C=O) groups excluding carboxylic acids is 1. The number of hydrogen-bond donors (Lipinski definition) is 1. The first kappa shape index (κ1) is 19.5. The Kier molecular flexibility index (Phi) is 5.73. The third-order valence-corrected chi connectivity index (χ3v) is 4.49. The van der Waals surface area contributed by atoms with Crippen LogP contribution in [0.1, 0.15) is 42.3 Å². The fraction of sp³-hybridized carbons (Fsp3) is 0.261. The third-order valence-electron chi connectivity index (χ3n) is 4.49. The van der Waals surface area contributed by atoms with Crippen LogP contribution in [0.25, 0.3) is 0 Å². The van der Waals surface area contributed by atoms with E-state index in [9.17, 15) is 4.79 Å². The van der Waals surface area contributed by atoms with Gasteiger partial charge in [0.25, 0.3) is 5.91 Å². The van der Waals surface area contributed by atoms with Crippen LogP contribution in [0.3, 0.4) is 0 Å². The molecule has 3 aromatic rings. The Morgan fingerprint density at radius 1 is 0.964 bits per heavy atom. The van der Waals surface area contributed by atoms with Gasteiger partial charge in [-0.25, -0.2) is 9.97 Å². The number of hydrogen-bond acceptors (Lipinski definition) is 4. The van der Waals surface area contributed by atoms with Crippen LogP contribution in [0.2, 0.25) is 0 Å². The van der Waals surface area contributed by atoms with Gasteiger partial charge >= 0.3 is 0 Å². The summed E-state index contributed by atoms with van der Waals surface area (Å²) in [6.07, 6.45) is 3.14. The Balaban J connectivity index is 1.71. The summed E-state index contributed by atoms with van der Waals surface area (Å²) < 4.78 is 0. The van der Waals surface area contributed by atoms with Crippen LogP contribution >= 0.6 is 0 Å². The Labute approximate surface area is 166 Å². The average Bonchev–Trinajstić information content (AvgIpc) is 2.68. The van der Waals surface area contributed by atoms with Crippen molar-refractivity contribution in [2.24, 2.45) is 0 Å². The smallest absolute Gasteiger partial charge is 0.257 e. The molecule has 28 heavy (non-hydrogen) atoms. The second-order valence-electron chi connectivity index (χ2n) is 7.86. The lowest BCUT2D eigenvalue weighted by molar-refractivity contribution is 0.0784. The molecule has 1 amide bonds. The van der Waals surface area contributed by atoms with Crippen molar-refractivity contribution in [3.8, 4) is 0 Å². The van der Waals surface area contributed by atoms with Crippen LogP contribution in [0.5, 0.6) is 0 Å². The van der Waals surface area contributed by atoms with E-state index in [1.807, 2.05) is 48.5 Å². The molecule has 0 aliphatic rings. The van der Waals surface area contributed by atoms with E-state index in [1.165, 1.54) is 5.56 Å². The fourth-order valence-corrected chi connectivity index (χ4v) is 3.02. The Morgan fingerprint density at radius 2 is 1.57 bits per heavy atom. The highest BCUT2D eigenvalue weighted by molar-refractivity contribution is 5.93. The molecule has 5 nitrogen and oxygen atoms in total. The minimum Gasteiger partial charge on any atom is -0.337 e. The average molecular weight is 374 g/mol. The number of para-hydroxylation sites is 1. The van der Waals surface area contributed by atoms with Crippen LogP contribution in [0, 0.1) is 0 Å². The number of anilines is 2. The van der Waals surface area contributed by atoms with Gasteiger partial charge in [-0.05, 0) is 22.6 Å². The molecule has 1 N–H and O–H groups in total. The highest BCUT2D eigenvalue weighted by Crippen LogP contribution is 2.30. The van der Waals surface area contributed by atoms with Crippen molar-refractivity contribution < 1.29 is 4.79 Å². The number of nitrogens with one attached hydrogen (secondary N) is 1. The molecule has 5 heteroatoms. The lowest BCUT2D eigenvalue weighted by Gasteiger charge is -2.23. The predicted octanol–water partition coefficient (Wildman–Crippen LogP) is 4.79. The molecule has 0 saturated heterocycles. The van der Waals surface area contributed by atoms with Gasteiger partial charge in [0, 0.05) is 31.7 Å². The standard InChI is InChI=1S/C23H26N4O/c1-23(2,3)19-12-8-9-13-20(19)26-22-24-14-18(15-25-22)21(28)27(4)16-17-10-6-5-7-11-17/h5-15H,16H2,1-4H3,(H,24,25,26). The lowest BCUT2D eigenvalue weighted by Crippen LogP contribution is -2.26. The van der Waals surface area contributed by atoms with E-state index in [4.69, 9.17) is 0 Å². The zero-order chi connectivity index (χ0) is 20.1. The van der Waals surface area contributed by atoms with Gasteiger partial charge in [0.05, 0.1) is 5.56 Å². The lowest BCUT2D eigenvalue weighted by atomic mass is 9.86. The van der Waals surface area contributed by atoms with Gasteiger partial charge in [-0.3, -0.25) is 4.79 Å². The molecule has 3 rings (SSSR count). The Bertz CT molecular complexity index is 931. The SMILES string of the molecule is CN(Cc1ccccc1)C(=O)c1cnc(Nc2ccccc2C(C)(C)C)nc1. The first-order valence-corrected chi connectivity index (χ1v) is 9.32. The van der Waals surface area contributed by atoms with Crippen LogP contribution < -0.4 is 5.32 Å². The highest BCUT2D eigenvalue weighted by Gasteiger charge is 2.18. The number of carbonyl (C=O) groups is 1. The normalized spacial score (nSPS) is 11.1. The molecule has 0 aliphatic heterocycles. The van der Waals surface area contributed by atoms with Crippen LogP contribution in [-0.2, 0) is 12.0 Å². The molecule has 0 spiro atoms. The second-order valence-corrected chi connectivity index (χ2v) is 7.86. The van der Waals surface area contributed by atoms with Crippen LogP contribution in [0.15, 0.2) is 67.0 Å². The Hall–Kier alpha value is -3.21. The molecule has 0 aliphatic carbocycles. The number of aromatic nitrogens is 2. The van der Waals surface area contributed by atoms with Gasteiger partial charge in [0.15, 0.2) is 0 Å². The van der Waals surface area contributed by atoms with Gasteiger partial charge < -0.3 is 10.2 Å². The fourth-order valence-electron chi connectivity index (χ4n) is 3.02. The zero-order valence-corrected chi connectivity index (χ0v) is 16.8. The largest absolute Gasteiger partial charge is 0.337 e. The van der Waals surface area contributed by atoms with Crippen molar-refractivity contribution in [2.45, 2.75) is 32.7 Å². The summed E-state index contributed by atoms with van der Waals surface area (Å²) in [6, 6.07) is 18.0. The monoisotopic (exact) mass is 374 g/mol. The van der Waals surface area contributed by atoms with Crippen molar-refractivity contribution in [2.75, 3.05) is 12.4 Å². The quantitative estimate of drug-likeness (QED) is 0.697. The van der Waals surface area contributed by atoms with E-state index < -0.39 is 0 Å². The molecule has 144 valence electrons. The maximum atomic E-state index is 12.6. The molecule has 0 radical (unpaired) electrons. The van der Waals surface area contributed by atoms with E-state index in [0.717, 1.165) is 11.3 Å². The van der Waals surface area contributed by atoms with E-state index >= 15 is 0 Å². The summed E-state index contributed by atoms with van der Waals surface area (Å²) in [4.78, 5) is 23.0. The van der Waals surface area contributed by atoms with Gasteiger partial charge in [0.2, 0.25) is 5.95 Å². The Morgan fingerprint density at radius 3 is 2.21 bits per heavy atom. The van der Waals surface area contributed by atoms with E-state index in [1.54, 1.807) is 24.3 Å². The van der Waals surface area contributed by atoms with Crippen molar-refractivity contribution >= 4 is 17.5 Å². The van der Waals surface area contributed by atoms with Gasteiger partial charge in [0.1, 0.15) is 0 Å². The number of nitrogens with zero attached hydrogens (tertiary/aromatic N) is 3. The summed E-state index contributed by atoms with van der Waals surface area (Å²) >= 11 is 0. The number of benzene rings is 2. The third kappa shape index (κ3) is 4.74. The topological polar surface area (TPSA) is 58.1 Å². The highest BCUT2D eigenvalue weighted by atomic mass is 16.2. The molecule has 0 fully saturated rings. The molecule has 0 unspecified atom stereocenters. The molecular weight excluding hydrogens is 348 g/mol. The minimum atomic E-state index is -0.106.